The van der Waals surface area contributed by atoms with Gasteiger partial charge in [-0.15, -0.1) is 0 Å². The maximum atomic E-state index is 12.7. The van der Waals surface area contributed by atoms with Gasteiger partial charge in [-0.25, -0.2) is 0 Å². The molecule has 0 saturated carbocycles. The molecule has 0 spiro atoms. The zero-order valence-corrected chi connectivity index (χ0v) is 18.1. The number of carbonyl (C=O) groups excluding carboxylic acids is 1. The predicted molar refractivity (Wildman–Crippen MR) is 115 cm³/mol. The number of piperazine rings is 1. The molecule has 0 N–H and O–H groups in total. The van der Waals surface area contributed by atoms with Gasteiger partial charge in [0.15, 0.2) is 29.6 Å². The molecule has 164 valence electrons. The zero-order valence-electron chi connectivity index (χ0n) is 18.1. The second-order valence-electron chi connectivity index (χ2n) is 8.92. The summed E-state index contributed by atoms with van der Waals surface area (Å²) in [6.45, 7) is 8.33. The Hall–Kier alpha value is -2.93. The summed E-state index contributed by atoms with van der Waals surface area (Å²) in [7, 11) is 0. The number of benzene rings is 2. The minimum Gasteiger partial charge on any atom is -0.483 e. The third kappa shape index (κ3) is 4.28. The van der Waals surface area contributed by atoms with Crippen molar-refractivity contribution < 1.29 is 23.7 Å². The number of hydrogen-bond donors (Lipinski definition) is 0. The van der Waals surface area contributed by atoms with Gasteiger partial charge in [0.2, 0.25) is 6.79 Å². The van der Waals surface area contributed by atoms with Crippen LogP contribution in [0.15, 0.2) is 36.4 Å². The molecule has 0 radical (unpaired) electrons. The second kappa shape index (κ2) is 7.96. The van der Waals surface area contributed by atoms with Crippen molar-refractivity contribution in [3.05, 3.63) is 47.5 Å². The normalized spacial score (nSPS) is 19.1. The monoisotopic (exact) mass is 424 g/mol. The van der Waals surface area contributed by atoms with Crippen LogP contribution in [0.25, 0.3) is 0 Å². The van der Waals surface area contributed by atoms with Crippen LogP contribution in [0.5, 0.6) is 23.0 Å². The second-order valence-corrected chi connectivity index (χ2v) is 8.92. The van der Waals surface area contributed by atoms with E-state index in [0.717, 1.165) is 48.9 Å². The van der Waals surface area contributed by atoms with E-state index in [1.165, 1.54) is 5.56 Å². The smallest absolute Gasteiger partial charge is 0.260 e. The molecule has 7 heteroatoms. The highest BCUT2D eigenvalue weighted by molar-refractivity contribution is 5.78. The number of fused-ring (bicyclic) bond motifs is 2. The van der Waals surface area contributed by atoms with Crippen LogP contribution in [-0.2, 0) is 17.8 Å². The van der Waals surface area contributed by atoms with E-state index < -0.39 is 0 Å². The van der Waals surface area contributed by atoms with Gasteiger partial charge < -0.3 is 23.8 Å². The maximum Gasteiger partial charge on any atom is 0.260 e. The van der Waals surface area contributed by atoms with Crippen LogP contribution in [0.2, 0.25) is 0 Å². The molecular formula is C24H28N2O5. The van der Waals surface area contributed by atoms with Crippen LogP contribution >= 0.6 is 0 Å². The molecule has 1 saturated heterocycles. The van der Waals surface area contributed by atoms with Gasteiger partial charge in [-0.1, -0.05) is 18.2 Å². The van der Waals surface area contributed by atoms with Gasteiger partial charge in [0.1, 0.15) is 5.60 Å². The Morgan fingerprint density at radius 1 is 1.06 bits per heavy atom. The lowest BCUT2D eigenvalue weighted by Crippen LogP contribution is -2.49. The quantitative estimate of drug-likeness (QED) is 0.736. The van der Waals surface area contributed by atoms with Crippen LogP contribution in [0.4, 0.5) is 0 Å². The third-order valence-corrected chi connectivity index (χ3v) is 5.97. The van der Waals surface area contributed by atoms with Crippen LogP contribution < -0.4 is 18.9 Å². The van der Waals surface area contributed by atoms with Crippen molar-refractivity contribution in [2.24, 2.45) is 0 Å². The first-order valence-corrected chi connectivity index (χ1v) is 10.8. The summed E-state index contributed by atoms with van der Waals surface area (Å²) in [5.74, 6) is 3.05. The van der Waals surface area contributed by atoms with E-state index in [1.807, 2.05) is 29.2 Å². The van der Waals surface area contributed by atoms with Crippen LogP contribution in [-0.4, -0.2) is 60.9 Å². The van der Waals surface area contributed by atoms with Crippen LogP contribution in [0, 0.1) is 0 Å². The molecule has 0 bridgehead atoms. The Bertz CT molecular complexity index is 982. The van der Waals surface area contributed by atoms with E-state index in [-0.39, 0.29) is 24.9 Å². The Balaban J connectivity index is 1.12. The minimum absolute atomic E-state index is 0.0117. The van der Waals surface area contributed by atoms with Crippen LogP contribution in [0.3, 0.4) is 0 Å². The van der Waals surface area contributed by atoms with Gasteiger partial charge in [-0.3, -0.25) is 9.69 Å². The Labute approximate surface area is 182 Å². The molecule has 0 aliphatic carbocycles. The maximum absolute atomic E-state index is 12.7. The largest absolute Gasteiger partial charge is 0.483 e. The summed E-state index contributed by atoms with van der Waals surface area (Å²) in [5.41, 5.74) is 2.08. The van der Waals surface area contributed by atoms with Gasteiger partial charge >= 0.3 is 0 Å². The van der Waals surface area contributed by atoms with Gasteiger partial charge in [0, 0.05) is 44.7 Å². The topological polar surface area (TPSA) is 60.5 Å². The van der Waals surface area contributed by atoms with Gasteiger partial charge in [0.25, 0.3) is 5.91 Å². The van der Waals surface area contributed by atoms with Crippen molar-refractivity contribution in [3.8, 4) is 23.0 Å². The zero-order chi connectivity index (χ0) is 21.4. The lowest BCUT2D eigenvalue weighted by atomic mass is 10.0. The van der Waals surface area contributed by atoms with E-state index >= 15 is 0 Å². The molecule has 3 aliphatic heterocycles. The highest BCUT2D eigenvalue weighted by atomic mass is 16.7. The van der Waals surface area contributed by atoms with Gasteiger partial charge in [-0.05, 0) is 37.6 Å². The standard InChI is InChI=1S/C24H28N2O5/c1-24(2)13-18-4-3-5-20(23(18)31-24)28-15-22(27)26-10-8-25(9-11-26)14-17-6-7-19-21(12-17)30-16-29-19/h3-7,12H,8-11,13-16H2,1-2H3. The van der Waals surface area contributed by atoms with Crippen molar-refractivity contribution in [1.29, 1.82) is 0 Å². The summed E-state index contributed by atoms with van der Waals surface area (Å²) in [6.07, 6.45) is 0.846. The first-order chi connectivity index (χ1) is 15.0. The van der Waals surface area contributed by atoms with Gasteiger partial charge in [-0.2, -0.15) is 0 Å². The first kappa shape index (κ1) is 20.0. The number of para-hydroxylation sites is 1. The molecule has 0 aromatic heterocycles. The van der Waals surface area contributed by atoms with Crippen molar-refractivity contribution in [2.45, 2.75) is 32.4 Å². The molecular weight excluding hydrogens is 396 g/mol. The summed E-state index contributed by atoms with van der Waals surface area (Å²) in [4.78, 5) is 16.9. The summed E-state index contributed by atoms with van der Waals surface area (Å²) < 4.78 is 22.7. The Morgan fingerprint density at radius 3 is 2.71 bits per heavy atom. The summed E-state index contributed by atoms with van der Waals surface area (Å²) >= 11 is 0. The predicted octanol–water partition coefficient (Wildman–Crippen LogP) is 2.85. The fourth-order valence-corrected chi connectivity index (χ4v) is 4.38. The van der Waals surface area contributed by atoms with Gasteiger partial charge in [0.05, 0.1) is 0 Å². The van der Waals surface area contributed by atoms with Crippen LogP contribution in [0.1, 0.15) is 25.0 Å². The van der Waals surface area contributed by atoms with E-state index in [9.17, 15) is 4.79 Å². The lowest BCUT2D eigenvalue weighted by Gasteiger charge is -2.34. The fourth-order valence-electron chi connectivity index (χ4n) is 4.38. The number of rotatable bonds is 5. The molecule has 7 nitrogen and oxygen atoms in total. The number of carbonyl (C=O) groups is 1. The number of hydrogen-bond acceptors (Lipinski definition) is 6. The Morgan fingerprint density at radius 2 is 1.87 bits per heavy atom. The molecule has 2 aromatic rings. The van der Waals surface area contributed by atoms with Crippen molar-refractivity contribution in [2.75, 3.05) is 39.6 Å². The molecule has 31 heavy (non-hydrogen) atoms. The van der Waals surface area contributed by atoms with E-state index in [0.29, 0.717) is 18.8 Å². The molecule has 1 amide bonds. The molecule has 3 heterocycles. The van der Waals surface area contributed by atoms with Crippen molar-refractivity contribution >= 4 is 5.91 Å². The average Bonchev–Trinajstić information content (AvgIpc) is 3.34. The number of amides is 1. The van der Waals surface area contributed by atoms with Crippen molar-refractivity contribution in [1.82, 2.24) is 9.80 Å². The molecule has 3 aliphatic rings. The highest BCUT2D eigenvalue weighted by Crippen LogP contribution is 2.41. The van der Waals surface area contributed by atoms with E-state index in [4.69, 9.17) is 18.9 Å². The molecule has 0 atom stereocenters. The molecule has 0 unspecified atom stereocenters. The minimum atomic E-state index is -0.236. The number of nitrogens with zero attached hydrogens (tertiary/aromatic N) is 2. The summed E-state index contributed by atoms with van der Waals surface area (Å²) in [6, 6.07) is 11.9. The lowest BCUT2D eigenvalue weighted by molar-refractivity contribution is -0.135. The first-order valence-electron chi connectivity index (χ1n) is 10.8. The fraction of sp³-hybridized carbons (Fsp3) is 0.458. The van der Waals surface area contributed by atoms with E-state index in [2.05, 4.69) is 30.9 Å². The molecule has 1 fully saturated rings. The SMILES string of the molecule is CC1(C)Cc2cccc(OCC(=O)N3CCN(Cc4ccc5c(c4)OCO5)CC3)c2O1. The van der Waals surface area contributed by atoms with E-state index in [1.54, 1.807) is 0 Å². The number of ether oxygens (including phenoxy) is 4. The summed E-state index contributed by atoms with van der Waals surface area (Å²) in [5, 5.41) is 0. The highest BCUT2D eigenvalue weighted by Gasteiger charge is 2.32. The average molecular weight is 424 g/mol. The third-order valence-electron chi connectivity index (χ3n) is 5.97. The molecule has 2 aromatic carbocycles. The molecule has 5 rings (SSSR count). The van der Waals surface area contributed by atoms with Crippen molar-refractivity contribution in [3.63, 3.8) is 0 Å². The Kier molecular flexibility index (Phi) is 5.14.